The van der Waals surface area contributed by atoms with Gasteiger partial charge in [-0.3, -0.25) is 9.59 Å². The summed E-state index contributed by atoms with van der Waals surface area (Å²) in [4.78, 5) is 43.8. The summed E-state index contributed by atoms with van der Waals surface area (Å²) < 4.78 is 5.53. The second kappa shape index (κ2) is 14.2. The highest BCUT2D eigenvalue weighted by Gasteiger charge is 2.43. The molecule has 3 rings (SSSR count). The molecule has 2 unspecified atom stereocenters. The maximum Gasteiger partial charge on any atom is 0.408 e. The summed E-state index contributed by atoms with van der Waals surface area (Å²) in [5.74, 6) is -0.888. The van der Waals surface area contributed by atoms with Crippen molar-refractivity contribution in [3.63, 3.8) is 0 Å². The Morgan fingerprint density at radius 1 is 0.932 bits per heavy atom. The predicted octanol–water partition coefficient (Wildman–Crippen LogP) is 7.50. The lowest BCUT2D eigenvalue weighted by Gasteiger charge is -2.44. The van der Waals surface area contributed by atoms with E-state index in [2.05, 4.69) is 10.6 Å². The fraction of sp³-hybridized carbons (Fsp3) is 0.400. The van der Waals surface area contributed by atoms with Crippen molar-refractivity contribution in [2.24, 2.45) is 0 Å². The molecule has 44 heavy (non-hydrogen) atoms. The number of anilines is 1. The van der Waals surface area contributed by atoms with E-state index in [1.54, 1.807) is 52.0 Å². The van der Waals surface area contributed by atoms with Gasteiger partial charge in [0, 0.05) is 12.0 Å². The number of carbonyl (C=O) groups is 3. The van der Waals surface area contributed by atoms with Crippen LogP contribution in [0.3, 0.4) is 0 Å². The number of halogens is 1. The highest BCUT2D eigenvalue weighted by atomic mass is 35.5. The number of alkyl carbamates (subject to hydrolysis) is 1. The van der Waals surface area contributed by atoms with Gasteiger partial charge in [-0.05, 0) is 95.3 Å². The minimum absolute atomic E-state index is 0.0658. The summed E-state index contributed by atoms with van der Waals surface area (Å²) >= 11 is 6.49. The zero-order chi connectivity index (χ0) is 32.8. The molecular formula is C35H44ClN3O5. The maximum atomic E-state index is 14.8. The van der Waals surface area contributed by atoms with Crippen molar-refractivity contribution in [1.82, 2.24) is 10.2 Å². The number of hydrogen-bond acceptors (Lipinski definition) is 5. The number of nitrogens with zero attached hydrogens (tertiary/aromatic N) is 1. The lowest BCUT2D eigenvalue weighted by molar-refractivity contribution is -0.147. The van der Waals surface area contributed by atoms with Crippen LogP contribution in [-0.2, 0) is 20.7 Å². The Bertz CT molecular complexity index is 1460. The van der Waals surface area contributed by atoms with Crippen molar-refractivity contribution in [2.45, 2.75) is 91.5 Å². The third kappa shape index (κ3) is 8.76. The number of nitrogens with one attached hydrogen (secondary N) is 2. The third-order valence-corrected chi connectivity index (χ3v) is 7.85. The zero-order valence-corrected chi connectivity index (χ0v) is 27.6. The summed E-state index contributed by atoms with van der Waals surface area (Å²) in [6.45, 7) is 14.5. The lowest BCUT2D eigenvalue weighted by atomic mass is 9.90. The molecule has 0 saturated carbocycles. The smallest absolute Gasteiger partial charge is 0.408 e. The minimum Gasteiger partial charge on any atom is -0.508 e. The van der Waals surface area contributed by atoms with Gasteiger partial charge in [-0.1, -0.05) is 67.1 Å². The van der Waals surface area contributed by atoms with Crippen LogP contribution in [0.2, 0.25) is 5.02 Å². The van der Waals surface area contributed by atoms with Crippen LogP contribution in [0.1, 0.15) is 76.3 Å². The number of aryl methyl sites for hydroxylation is 2. The Hall–Kier alpha value is -4.04. The monoisotopic (exact) mass is 621 g/mol. The first-order chi connectivity index (χ1) is 20.5. The van der Waals surface area contributed by atoms with Crippen molar-refractivity contribution in [3.05, 3.63) is 94.0 Å². The Morgan fingerprint density at radius 2 is 1.59 bits per heavy atom. The van der Waals surface area contributed by atoms with Crippen LogP contribution in [0.25, 0.3) is 0 Å². The first-order valence-corrected chi connectivity index (χ1v) is 15.1. The molecule has 3 amide bonds. The standard InChI is InChI=1S/C35H44ClN3O5/c1-9-35(7,8)39(32(42)27(21-24-15-11-10-12-16-24)37-33(43)44-34(4,5)6)30(25-18-19-28(40)23(3)20-25)31(41)38-29-22(2)14-13-17-26(29)36/h10-20,27,30,40H,9,21H2,1-8H3,(H,37,43)(H,38,41). The molecule has 0 radical (unpaired) electrons. The molecule has 0 bridgehead atoms. The number of hydrogen-bond donors (Lipinski definition) is 3. The fourth-order valence-corrected chi connectivity index (χ4v) is 5.13. The van der Waals surface area contributed by atoms with Crippen LogP contribution in [0.15, 0.2) is 66.7 Å². The maximum absolute atomic E-state index is 14.8. The molecule has 3 N–H and O–H groups in total. The summed E-state index contributed by atoms with van der Waals surface area (Å²) in [5, 5.41) is 16.4. The van der Waals surface area contributed by atoms with E-state index in [0.717, 1.165) is 11.1 Å². The Balaban J connectivity index is 2.19. The zero-order valence-electron chi connectivity index (χ0n) is 26.8. The van der Waals surface area contributed by atoms with E-state index in [1.165, 1.54) is 11.0 Å². The van der Waals surface area contributed by atoms with Gasteiger partial charge in [0.15, 0.2) is 0 Å². The molecule has 0 spiro atoms. The molecule has 3 aromatic rings. The first kappa shape index (κ1) is 34.5. The third-order valence-electron chi connectivity index (χ3n) is 7.54. The molecule has 0 saturated heterocycles. The largest absolute Gasteiger partial charge is 0.508 e. The Morgan fingerprint density at radius 3 is 2.16 bits per heavy atom. The van der Waals surface area contributed by atoms with Crippen LogP contribution in [0.4, 0.5) is 10.5 Å². The van der Waals surface area contributed by atoms with Crippen LogP contribution < -0.4 is 10.6 Å². The lowest BCUT2D eigenvalue weighted by Crippen LogP contribution is -2.59. The number of para-hydroxylation sites is 1. The first-order valence-electron chi connectivity index (χ1n) is 14.8. The molecule has 0 aliphatic rings. The Labute approximate surface area is 265 Å². The molecule has 0 aromatic heterocycles. The van der Waals surface area contributed by atoms with Gasteiger partial charge in [-0.2, -0.15) is 0 Å². The van der Waals surface area contributed by atoms with Crippen molar-refractivity contribution in [1.29, 1.82) is 0 Å². The van der Waals surface area contributed by atoms with Crippen LogP contribution >= 0.6 is 11.6 Å². The van der Waals surface area contributed by atoms with E-state index in [4.69, 9.17) is 16.3 Å². The van der Waals surface area contributed by atoms with Crippen molar-refractivity contribution < 1.29 is 24.2 Å². The van der Waals surface area contributed by atoms with E-state index < -0.39 is 41.1 Å². The normalized spacial score (nSPS) is 13.0. The van der Waals surface area contributed by atoms with E-state index in [0.29, 0.717) is 28.3 Å². The summed E-state index contributed by atoms with van der Waals surface area (Å²) in [7, 11) is 0. The van der Waals surface area contributed by atoms with E-state index in [-0.39, 0.29) is 12.2 Å². The molecule has 0 fully saturated rings. The number of aromatic hydroxyl groups is 1. The summed E-state index contributed by atoms with van der Waals surface area (Å²) in [6.07, 6.45) is -0.0778. The van der Waals surface area contributed by atoms with Gasteiger partial charge in [-0.15, -0.1) is 0 Å². The molecule has 236 valence electrons. The van der Waals surface area contributed by atoms with Gasteiger partial charge in [0.1, 0.15) is 23.4 Å². The van der Waals surface area contributed by atoms with E-state index in [1.807, 2.05) is 64.1 Å². The quantitative estimate of drug-likeness (QED) is 0.217. The molecule has 8 nitrogen and oxygen atoms in total. The van der Waals surface area contributed by atoms with Gasteiger partial charge in [-0.25, -0.2) is 4.79 Å². The average Bonchev–Trinajstić information content (AvgIpc) is 2.94. The van der Waals surface area contributed by atoms with Gasteiger partial charge in [0.05, 0.1) is 10.7 Å². The van der Waals surface area contributed by atoms with E-state index in [9.17, 15) is 19.5 Å². The molecule has 0 aliphatic heterocycles. The van der Waals surface area contributed by atoms with Crippen LogP contribution in [-0.4, -0.2) is 45.1 Å². The van der Waals surface area contributed by atoms with E-state index >= 15 is 0 Å². The molecular weight excluding hydrogens is 578 g/mol. The number of rotatable bonds is 10. The van der Waals surface area contributed by atoms with Crippen molar-refractivity contribution >= 4 is 35.2 Å². The number of amides is 3. The van der Waals surface area contributed by atoms with Crippen LogP contribution in [0, 0.1) is 13.8 Å². The Kier molecular flexibility index (Phi) is 11.1. The highest BCUT2D eigenvalue weighted by Crippen LogP contribution is 2.36. The van der Waals surface area contributed by atoms with Crippen LogP contribution in [0.5, 0.6) is 5.75 Å². The summed E-state index contributed by atoms with van der Waals surface area (Å²) in [5.41, 5.74) is 1.42. The average molecular weight is 622 g/mol. The fourth-order valence-electron chi connectivity index (χ4n) is 4.86. The SMILES string of the molecule is CCC(C)(C)N(C(=O)C(Cc1ccccc1)NC(=O)OC(C)(C)C)C(C(=O)Nc1c(C)cccc1Cl)c1ccc(O)c(C)c1. The second-order valence-electron chi connectivity index (χ2n) is 12.6. The second-order valence-corrected chi connectivity index (χ2v) is 13.0. The predicted molar refractivity (Wildman–Crippen MR) is 175 cm³/mol. The van der Waals surface area contributed by atoms with Gasteiger partial charge < -0.3 is 25.4 Å². The molecule has 2 atom stereocenters. The topological polar surface area (TPSA) is 108 Å². The van der Waals surface area contributed by atoms with Gasteiger partial charge >= 0.3 is 6.09 Å². The highest BCUT2D eigenvalue weighted by molar-refractivity contribution is 6.34. The van der Waals surface area contributed by atoms with Gasteiger partial charge in [0.25, 0.3) is 5.91 Å². The van der Waals surface area contributed by atoms with Crippen molar-refractivity contribution in [2.75, 3.05) is 5.32 Å². The molecule has 9 heteroatoms. The molecule has 3 aromatic carbocycles. The summed E-state index contributed by atoms with van der Waals surface area (Å²) in [6, 6.07) is 17.3. The number of ether oxygens (including phenoxy) is 1. The van der Waals surface area contributed by atoms with Gasteiger partial charge in [0.2, 0.25) is 5.91 Å². The minimum atomic E-state index is -1.15. The van der Waals surface area contributed by atoms with Crippen molar-refractivity contribution in [3.8, 4) is 5.75 Å². The number of phenols is 1. The molecule has 0 aliphatic carbocycles. The number of carbonyl (C=O) groups excluding carboxylic acids is 3. The number of benzene rings is 3. The number of phenolic OH excluding ortho intramolecular Hbond substituents is 1. The molecule has 0 heterocycles.